The lowest BCUT2D eigenvalue weighted by molar-refractivity contribution is 0.0527. The van der Waals surface area contributed by atoms with Crippen LogP contribution in [-0.4, -0.2) is 23.8 Å². The van der Waals surface area contributed by atoms with Crippen molar-refractivity contribution in [2.75, 3.05) is 6.61 Å². The zero-order chi connectivity index (χ0) is 19.5. The standard InChI is InChI=1S/C24H19NO3/c1-2-28-24(27)19-8-4-3-7-18(19)16-11-13-17(14-12-16)23-20-9-5-6-10-21(20)25-22(23)15-26/h3-15,25H,2H2,1H3. The molecule has 0 spiro atoms. The van der Waals surface area contributed by atoms with Crippen LogP contribution in [0.2, 0.25) is 0 Å². The Kier molecular flexibility index (Phi) is 4.77. The van der Waals surface area contributed by atoms with Crippen LogP contribution in [0.3, 0.4) is 0 Å². The van der Waals surface area contributed by atoms with Crippen LogP contribution in [0, 0.1) is 0 Å². The lowest BCUT2D eigenvalue weighted by Crippen LogP contribution is -2.06. The fourth-order valence-corrected chi connectivity index (χ4v) is 3.50. The summed E-state index contributed by atoms with van der Waals surface area (Å²) in [5.74, 6) is -0.331. The molecule has 0 atom stereocenters. The van der Waals surface area contributed by atoms with Gasteiger partial charge in [0.1, 0.15) is 0 Å². The largest absolute Gasteiger partial charge is 0.462 e. The number of nitrogens with one attached hydrogen (secondary N) is 1. The number of fused-ring (bicyclic) bond motifs is 1. The second kappa shape index (κ2) is 7.53. The van der Waals surface area contributed by atoms with E-state index in [4.69, 9.17) is 4.74 Å². The molecule has 1 heterocycles. The van der Waals surface area contributed by atoms with Crippen molar-refractivity contribution in [2.45, 2.75) is 6.92 Å². The van der Waals surface area contributed by atoms with Gasteiger partial charge in [0.05, 0.1) is 17.9 Å². The maximum atomic E-state index is 12.3. The molecule has 0 unspecified atom stereocenters. The Morgan fingerprint density at radius 1 is 0.929 bits per heavy atom. The normalized spacial score (nSPS) is 10.8. The van der Waals surface area contributed by atoms with E-state index in [2.05, 4.69) is 4.98 Å². The van der Waals surface area contributed by atoms with Gasteiger partial charge in [-0.15, -0.1) is 0 Å². The molecule has 4 aromatic rings. The molecule has 28 heavy (non-hydrogen) atoms. The molecule has 0 amide bonds. The molecule has 1 aromatic heterocycles. The summed E-state index contributed by atoms with van der Waals surface area (Å²) < 4.78 is 5.17. The number of hydrogen-bond acceptors (Lipinski definition) is 3. The molecule has 0 saturated carbocycles. The quantitative estimate of drug-likeness (QED) is 0.374. The number of rotatable bonds is 5. The van der Waals surface area contributed by atoms with Gasteiger partial charge in [-0.3, -0.25) is 4.79 Å². The molecule has 0 aliphatic heterocycles. The third kappa shape index (κ3) is 3.09. The highest BCUT2D eigenvalue weighted by Gasteiger charge is 2.15. The van der Waals surface area contributed by atoms with E-state index >= 15 is 0 Å². The first-order valence-corrected chi connectivity index (χ1v) is 9.15. The number of esters is 1. The molecule has 4 rings (SSSR count). The SMILES string of the molecule is CCOC(=O)c1ccccc1-c1ccc(-c2c(C=O)[nH]c3ccccc23)cc1. The highest BCUT2D eigenvalue weighted by Crippen LogP contribution is 2.33. The summed E-state index contributed by atoms with van der Waals surface area (Å²) >= 11 is 0. The molecule has 0 bridgehead atoms. The number of aldehydes is 1. The average molecular weight is 369 g/mol. The van der Waals surface area contributed by atoms with E-state index in [9.17, 15) is 9.59 Å². The van der Waals surface area contributed by atoms with Crippen molar-refractivity contribution >= 4 is 23.2 Å². The Hall–Kier alpha value is -3.66. The van der Waals surface area contributed by atoms with Gasteiger partial charge >= 0.3 is 5.97 Å². The smallest absolute Gasteiger partial charge is 0.338 e. The van der Waals surface area contributed by atoms with E-state index < -0.39 is 0 Å². The topological polar surface area (TPSA) is 59.2 Å². The first-order chi connectivity index (χ1) is 13.7. The Morgan fingerprint density at radius 3 is 2.36 bits per heavy atom. The minimum absolute atomic E-state index is 0.331. The number of benzene rings is 3. The molecule has 138 valence electrons. The predicted molar refractivity (Wildman–Crippen MR) is 111 cm³/mol. The molecule has 3 aromatic carbocycles. The fourth-order valence-electron chi connectivity index (χ4n) is 3.50. The Labute approximate surface area is 162 Å². The molecule has 0 fully saturated rings. The molecule has 0 radical (unpaired) electrons. The molecule has 4 nitrogen and oxygen atoms in total. The van der Waals surface area contributed by atoms with Gasteiger partial charge in [-0.25, -0.2) is 4.79 Å². The zero-order valence-electron chi connectivity index (χ0n) is 15.4. The van der Waals surface area contributed by atoms with E-state index in [0.29, 0.717) is 17.9 Å². The van der Waals surface area contributed by atoms with Gasteiger partial charge in [0.25, 0.3) is 0 Å². The van der Waals surface area contributed by atoms with Crippen molar-refractivity contribution in [1.82, 2.24) is 4.98 Å². The van der Waals surface area contributed by atoms with Crippen molar-refractivity contribution in [3.63, 3.8) is 0 Å². The van der Waals surface area contributed by atoms with Crippen LogP contribution in [0.25, 0.3) is 33.2 Å². The number of aromatic nitrogens is 1. The Bertz CT molecular complexity index is 1160. The minimum Gasteiger partial charge on any atom is -0.462 e. The summed E-state index contributed by atoms with van der Waals surface area (Å²) in [4.78, 5) is 27.0. The van der Waals surface area contributed by atoms with E-state index in [0.717, 1.165) is 39.4 Å². The Balaban J connectivity index is 1.78. The summed E-state index contributed by atoms with van der Waals surface area (Å²) in [7, 11) is 0. The number of carbonyl (C=O) groups is 2. The number of H-pyrrole nitrogens is 1. The van der Waals surface area contributed by atoms with Crippen LogP contribution in [0.1, 0.15) is 27.8 Å². The van der Waals surface area contributed by atoms with Crippen molar-refractivity contribution in [3.05, 3.63) is 84.1 Å². The van der Waals surface area contributed by atoms with Crippen molar-refractivity contribution in [3.8, 4) is 22.3 Å². The molecule has 0 saturated heterocycles. The summed E-state index contributed by atoms with van der Waals surface area (Å²) in [6.07, 6.45) is 0.847. The number of ether oxygens (including phenoxy) is 1. The van der Waals surface area contributed by atoms with Gasteiger partial charge in [-0.05, 0) is 35.7 Å². The molecular formula is C24H19NO3. The zero-order valence-corrected chi connectivity index (χ0v) is 15.4. The van der Waals surface area contributed by atoms with Gasteiger partial charge < -0.3 is 9.72 Å². The monoisotopic (exact) mass is 369 g/mol. The van der Waals surface area contributed by atoms with E-state index in [1.54, 1.807) is 13.0 Å². The number of carbonyl (C=O) groups excluding carboxylic acids is 2. The predicted octanol–water partition coefficient (Wildman–Crippen LogP) is 5.49. The van der Waals surface area contributed by atoms with Crippen LogP contribution in [0.4, 0.5) is 0 Å². The minimum atomic E-state index is -0.331. The summed E-state index contributed by atoms with van der Waals surface area (Å²) in [5, 5.41) is 1.00. The molecule has 4 heteroatoms. The molecule has 0 aliphatic carbocycles. The first-order valence-electron chi connectivity index (χ1n) is 9.15. The molecule has 1 N–H and O–H groups in total. The van der Waals surface area contributed by atoms with E-state index in [-0.39, 0.29) is 5.97 Å². The highest BCUT2D eigenvalue weighted by molar-refractivity contribution is 6.04. The van der Waals surface area contributed by atoms with Gasteiger partial charge in [0, 0.05) is 16.5 Å². The number of para-hydroxylation sites is 1. The lowest BCUT2D eigenvalue weighted by Gasteiger charge is -2.10. The van der Waals surface area contributed by atoms with E-state index in [1.165, 1.54) is 0 Å². The van der Waals surface area contributed by atoms with E-state index in [1.807, 2.05) is 66.7 Å². The van der Waals surface area contributed by atoms with Crippen LogP contribution in [0.5, 0.6) is 0 Å². The second-order valence-corrected chi connectivity index (χ2v) is 6.42. The van der Waals surface area contributed by atoms with Crippen molar-refractivity contribution in [1.29, 1.82) is 0 Å². The number of aromatic amines is 1. The summed E-state index contributed by atoms with van der Waals surface area (Å²) in [6, 6.07) is 23.1. The maximum Gasteiger partial charge on any atom is 0.338 e. The van der Waals surface area contributed by atoms with Gasteiger partial charge in [-0.1, -0.05) is 60.7 Å². The third-order valence-corrected chi connectivity index (χ3v) is 4.76. The Morgan fingerprint density at radius 2 is 1.61 bits per heavy atom. The van der Waals surface area contributed by atoms with Gasteiger partial charge in [-0.2, -0.15) is 0 Å². The van der Waals surface area contributed by atoms with Crippen LogP contribution in [0.15, 0.2) is 72.8 Å². The maximum absolute atomic E-state index is 12.3. The third-order valence-electron chi connectivity index (χ3n) is 4.76. The highest BCUT2D eigenvalue weighted by atomic mass is 16.5. The summed E-state index contributed by atoms with van der Waals surface area (Å²) in [6.45, 7) is 2.13. The lowest BCUT2D eigenvalue weighted by atomic mass is 9.96. The fraction of sp³-hybridized carbons (Fsp3) is 0.0833. The summed E-state index contributed by atoms with van der Waals surface area (Å²) in [5.41, 5.74) is 5.59. The molecular weight excluding hydrogens is 350 g/mol. The first kappa shape index (κ1) is 17.7. The average Bonchev–Trinajstić information content (AvgIpc) is 3.13. The number of hydrogen-bond donors (Lipinski definition) is 1. The van der Waals surface area contributed by atoms with Crippen molar-refractivity contribution in [2.24, 2.45) is 0 Å². The van der Waals surface area contributed by atoms with Gasteiger partial charge in [0.15, 0.2) is 6.29 Å². The van der Waals surface area contributed by atoms with Gasteiger partial charge in [0.2, 0.25) is 0 Å². The molecule has 0 aliphatic rings. The van der Waals surface area contributed by atoms with Crippen LogP contribution >= 0.6 is 0 Å². The van der Waals surface area contributed by atoms with Crippen LogP contribution < -0.4 is 0 Å². The van der Waals surface area contributed by atoms with Crippen molar-refractivity contribution < 1.29 is 14.3 Å². The van der Waals surface area contributed by atoms with Crippen LogP contribution in [-0.2, 0) is 4.74 Å². The second-order valence-electron chi connectivity index (χ2n) is 6.42.